The Hall–Kier alpha value is -1.35. The van der Waals surface area contributed by atoms with E-state index in [0.717, 1.165) is 32.2 Å². The summed E-state index contributed by atoms with van der Waals surface area (Å²) in [4.78, 5) is 14.0. The summed E-state index contributed by atoms with van der Waals surface area (Å²) in [6.45, 7) is 1.41. The number of carbonyl (C=O) groups excluding carboxylic acids is 1. The van der Waals surface area contributed by atoms with E-state index in [9.17, 15) is 4.79 Å². The number of hydrogen-bond donors (Lipinski definition) is 1. The second-order valence-corrected chi connectivity index (χ2v) is 5.29. The highest BCUT2D eigenvalue weighted by Gasteiger charge is 2.27. The first-order valence-corrected chi connectivity index (χ1v) is 7.29. The number of nitrogens with zero attached hydrogens (tertiary/aromatic N) is 1. The highest BCUT2D eigenvalue weighted by atomic mass is 16.2. The monoisotopic (exact) mass is 260 g/mol. The SMILES string of the molecule is CNCC(=O)N1CCCC1CCCc1ccccc1. The fourth-order valence-electron chi connectivity index (χ4n) is 2.90. The van der Waals surface area contributed by atoms with Gasteiger partial charge in [-0.2, -0.15) is 0 Å². The summed E-state index contributed by atoms with van der Waals surface area (Å²) in [5.41, 5.74) is 1.40. The van der Waals surface area contributed by atoms with Gasteiger partial charge in [-0.3, -0.25) is 4.79 Å². The fourth-order valence-corrected chi connectivity index (χ4v) is 2.90. The average molecular weight is 260 g/mol. The van der Waals surface area contributed by atoms with Crippen LogP contribution in [0.2, 0.25) is 0 Å². The Kier molecular flexibility index (Phi) is 5.40. The predicted molar refractivity (Wildman–Crippen MR) is 78.0 cm³/mol. The zero-order valence-electron chi connectivity index (χ0n) is 11.8. The number of carbonyl (C=O) groups is 1. The summed E-state index contributed by atoms with van der Waals surface area (Å²) in [5.74, 6) is 0.254. The van der Waals surface area contributed by atoms with Crippen LogP contribution < -0.4 is 5.32 Å². The Balaban J connectivity index is 1.77. The molecule has 1 N–H and O–H groups in total. The smallest absolute Gasteiger partial charge is 0.236 e. The van der Waals surface area contributed by atoms with Crippen LogP contribution in [0.3, 0.4) is 0 Å². The lowest BCUT2D eigenvalue weighted by Crippen LogP contribution is -2.40. The van der Waals surface area contributed by atoms with Gasteiger partial charge in [0, 0.05) is 12.6 Å². The van der Waals surface area contributed by atoms with Crippen molar-refractivity contribution in [3.8, 4) is 0 Å². The lowest BCUT2D eigenvalue weighted by atomic mass is 10.0. The van der Waals surface area contributed by atoms with Gasteiger partial charge in [-0.05, 0) is 44.7 Å². The molecule has 1 aromatic rings. The van der Waals surface area contributed by atoms with Crippen molar-refractivity contribution >= 4 is 5.91 Å². The molecule has 1 saturated heterocycles. The zero-order chi connectivity index (χ0) is 13.5. The van der Waals surface area contributed by atoms with Crippen LogP contribution in [-0.4, -0.2) is 37.0 Å². The van der Waals surface area contributed by atoms with E-state index >= 15 is 0 Å². The van der Waals surface area contributed by atoms with Crippen molar-refractivity contribution in [1.82, 2.24) is 10.2 Å². The molecule has 1 aliphatic heterocycles. The Morgan fingerprint density at radius 3 is 2.89 bits per heavy atom. The quantitative estimate of drug-likeness (QED) is 0.850. The molecule has 3 heteroatoms. The minimum atomic E-state index is 0.254. The van der Waals surface area contributed by atoms with Crippen LogP contribution in [0.15, 0.2) is 30.3 Å². The van der Waals surface area contributed by atoms with Crippen LogP contribution in [0, 0.1) is 0 Å². The molecule has 1 aliphatic rings. The first-order chi connectivity index (χ1) is 9.31. The number of rotatable bonds is 6. The number of nitrogens with one attached hydrogen (secondary N) is 1. The topological polar surface area (TPSA) is 32.3 Å². The molecular formula is C16H24N2O. The standard InChI is InChI=1S/C16H24N2O/c1-17-13-16(19)18-12-6-11-15(18)10-5-9-14-7-3-2-4-8-14/h2-4,7-8,15,17H,5-6,9-13H2,1H3. The van der Waals surface area contributed by atoms with Crippen LogP contribution in [0.1, 0.15) is 31.2 Å². The van der Waals surface area contributed by atoms with Crippen molar-refractivity contribution in [3.63, 3.8) is 0 Å². The molecule has 1 amide bonds. The molecule has 3 nitrogen and oxygen atoms in total. The number of benzene rings is 1. The summed E-state index contributed by atoms with van der Waals surface area (Å²) in [6.07, 6.45) is 5.74. The summed E-state index contributed by atoms with van der Waals surface area (Å²) >= 11 is 0. The third-order valence-corrected chi connectivity index (χ3v) is 3.87. The van der Waals surface area contributed by atoms with Crippen molar-refractivity contribution in [2.24, 2.45) is 0 Å². The van der Waals surface area contributed by atoms with E-state index < -0.39 is 0 Å². The van der Waals surface area contributed by atoms with E-state index in [1.54, 1.807) is 0 Å². The fraction of sp³-hybridized carbons (Fsp3) is 0.562. The lowest BCUT2D eigenvalue weighted by molar-refractivity contribution is -0.131. The van der Waals surface area contributed by atoms with Crippen LogP contribution >= 0.6 is 0 Å². The van der Waals surface area contributed by atoms with Crippen LogP contribution in [0.25, 0.3) is 0 Å². The molecule has 2 rings (SSSR count). The second-order valence-electron chi connectivity index (χ2n) is 5.29. The molecule has 104 valence electrons. The molecule has 1 unspecified atom stereocenters. The van der Waals surface area contributed by atoms with E-state index in [2.05, 4.69) is 40.5 Å². The van der Waals surface area contributed by atoms with Crippen LogP contribution in [0.4, 0.5) is 0 Å². The Labute approximate surface area is 116 Å². The first-order valence-electron chi connectivity index (χ1n) is 7.29. The van der Waals surface area contributed by atoms with E-state index in [1.807, 2.05) is 7.05 Å². The summed E-state index contributed by atoms with van der Waals surface area (Å²) < 4.78 is 0. The number of aryl methyl sites for hydroxylation is 1. The Morgan fingerprint density at radius 1 is 1.37 bits per heavy atom. The Morgan fingerprint density at radius 2 is 2.16 bits per heavy atom. The lowest BCUT2D eigenvalue weighted by Gasteiger charge is -2.24. The molecule has 0 bridgehead atoms. The number of likely N-dealkylation sites (tertiary alicyclic amines) is 1. The molecule has 1 fully saturated rings. The van der Waals surface area contributed by atoms with Crippen molar-refractivity contribution in [2.75, 3.05) is 20.1 Å². The molecule has 1 heterocycles. The molecule has 0 radical (unpaired) electrons. The molecule has 1 atom stereocenters. The van der Waals surface area contributed by atoms with E-state index in [1.165, 1.54) is 12.0 Å². The molecule has 0 spiro atoms. The highest BCUT2D eigenvalue weighted by molar-refractivity contribution is 5.78. The van der Waals surface area contributed by atoms with E-state index in [0.29, 0.717) is 12.6 Å². The van der Waals surface area contributed by atoms with Gasteiger partial charge < -0.3 is 10.2 Å². The second kappa shape index (κ2) is 7.29. The summed E-state index contributed by atoms with van der Waals surface area (Å²) in [6, 6.07) is 11.1. The maximum atomic E-state index is 12.0. The minimum absolute atomic E-state index is 0.254. The van der Waals surface area contributed by atoms with Gasteiger partial charge in [0.05, 0.1) is 6.54 Å². The van der Waals surface area contributed by atoms with Gasteiger partial charge >= 0.3 is 0 Å². The number of amides is 1. The van der Waals surface area contributed by atoms with Gasteiger partial charge in [0.1, 0.15) is 0 Å². The van der Waals surface area contributed by atoms with Gasteiger partial charge in [-0.25, -0.2) is 0 Å². The van der Waals surface area contributed by atoms with E-state index in [-0.39, 0.29) is 5.91 Å². The maximum Gasteiger partial charge on any atom is 0.236 e. The van der Waals surface area contributed by atoms with Crippen molar-refractivity contribution < 1.29 is 4.79 Å². The van der Waals surface area contributed by atoms with Crippen LogP contribution in [0.5, 0.6) is 0 Å². The van der Waals surface area contributed by atoms with Gasteiger partial charge in [0.15, 0.2) is 0 Å². The largest absolute Gasteiger partial charge is 0.339 e. The molecule has 0 aliphatic carbocycles. The molecule has 0 aromatic heterocycles. The van der Waals surface area contributed by atoms with Crippen molar-refractivity contribution in [3.05, 3.63) is 35.9 Å². The molecule has 1 aromatic carbocycles. The third kappa shape index (κ3) is 4.06. The number of hydrogen-bond acceptors (Lipinski definition) is 2. The zero-order valence-corrected chi connectivity index (χ0v) is 11.8. The van der Waals surface area contributed by atoms with Gasteiger partial charge in [-0.15, -0.1) is 0 Å². The molecular weight excluding hydrogens is 236 g/mol. The predicted octanol–water partition coefficient (Wildman–Crippen LogP) is 2.22. The summed E-state index contributed by atoms with van der Waals surface area (Å²) in [5, 5.41) is 2.96. The van der Waals surface area contributed by atoms with Gasteiger partial charge in [-0.1, -0.05) is 30.3 Å². The average Bonchev–Trinajstić information content (AvgIpc) is 2.89. The maximum absolute atomic E-state index is 12.0. The first kappa shape index (κ1) is 14.1. The van der Waals surface area contributed by atoms with Crippen LogP contribution in [-0.2, 0) is 11.2 Å². The van der Waals surface area contributed by atoms with Crippen molar-refractivity contribution in [1.29, 1.82) is 0 Å². The van der Waals surface area contributed by atoms with E-state index in [4.69, 9.17) is 0 Å². The Bertz CT molecular complexity index is 391. The molecule has 19 heavy (non-hydrogen) atoms. The normalized spacial score (nSPS) is 18.8. The molecule has 0 saturated carbocycles. The van der Waals surface area contributed by atoms with Crippen molar-refractivity contribution in [2.45, 2.75) is 38.1 Å². The highest BCUT2D eigenvalue weighted by Crippen LogP contribution is 2.22. The number of likely N-dealkylation sites (N-methyl/N-ethyl adjacent to an activating group) is 1. The minimum Gasteiger partial charge on any atom is -0.339 e. The third-order valence-electron chi connectivity index (χ3n) is 3.87. The summed E-state index contributed by atoms with van der Waals surface area (Å²) in [7, 11) is 1.83. The van der Waals surface area contributed by atoms with Gasteiger partial charge in [0.25, 0.3) is 0 Å². The van der Waals surface area contributed by atoms with Gasteiger partial charge in [0.2, 0.25) is 5.91 Å².